The van der Waals surface area contributed by atoms with Crippen molar-refractivity contribution in [2.45, 2.75) is 6.92 Å². The fourth-order valence-corrected chi connectivity index (χ4v) is 5.03. The van der Waals surface area contributed by atoms with Crippen LogP contribution in [-0.2, 0) is 14.3 Å². The normalized spacial score (nSPS) is 15.5. The van der Waals surface area contributed by atoms with Gasteiger partial charge in [0.05, 0.1) is 18.7 Å². The maximum atomic E-state index is 12.4. The Bertz CT molecular complexity index is 770. The largest absolute Gasteiger partial charge is 0.487 e. The highest BCUT2D eigenvalue weighted by Crippen LogP contribution is 2.34. The lowest BCUT2D eigenvalue weighted by atomic mass is 10.2. The van der Waals surface area contributed by atoms with Crippen LogP contribution in [0.15, 0.2) is 29.7 Å². The Labute approximate surface area is 182 Å². The summed E-state index contributed by atoms with van der Waals surface area (Å²) in [6.45, 7) is 5.51. The standard InChI is InChI=1S/C17H15I2NO5S/c1-3-5-25-15-11(18)6-10(7-12(15)19)8-13-16(22)20(17(23)26-13)9-14(21)24-4-2/h3,6-8H,1,4-5,9H2,2H3/b13-8+. The number of amides is 2. The van der Waals surface area contributed by atoms with Crippen molar-refractivity contribution in [1.29, 1.82) is 0 Å². The molecule has 1 aliphatic heterocycles. The molecular weight excluding hydrogens is 584 g/mol. The van der Waals surface area contributed by atoms with Gasteiger partial charge in [0.25, 0.3) is 11.1 Å². The van der Waals surface area contributed by atoms with E-state index < -0.39 is 17.1 Å². The van der Waals surface area contributed by atoms with Gasteiger partial charge in [-0.3, -0.25) is 19.3 Å². The second-order valence-corrected chi connectivity index (χ2v) is 8.30. The number of nitrogens with zero attached hydrogens (tertiary/aromatic N) is 1. The molecule has 0 unspecified atom stereocenters. The minimum absolute atomic E-state index is 0.196. The van der Waals surface area contributed by atoms with Crippen molar-refractivity contribution in [2.75, 3.05) is 19.8 Å². The monoisotopic (exact) mass is 599 g/mol. The van der Waals surface area contributed by atoms with Crippen molar-refractivity contribution >= 4 is 80.1 Å². The molecule has 2 amide bonds. The number of halogens is 2. The molecule has 138 valence electrons. The van der Waals surface area contributed by atoms with Crippen LogP contribution in [0.4, 0.5) is 4.79 Å². The molecule has 0 saturated carbocycles. The van der Waals surface area contributed by atoms with Crippen molar-refractivity contribution in [3.05, 3.63) is 42.4 Å². The summed E-state index contributed by atoms with van der Waals surface area (Å²) in [5.41, 5.74) is 0.770. The molecule has 1 fully saturated rings. The van der Waals surface area contributed by atoms with Gasteiger partial charge in [0.1, 0.15) is 18.9 Å². The number of hydrogen-bond donors (Lipinski definition) is 0. The summed E-state index contributed by atoms with van der Waals surface area (Å²) < 4.78 is 12.2. The van der Waals surface area contributed by atoms with E-state index in [-0.39, 0.29) is 18.1 Å². The van der Waals surface area contributed by atoms with Gasteiger partial charge in [0.2, 0.25) is 0 Å². The lowest BCUT2D eigenvalue weighted by molar-refractivity contribution is -0.145. The first-order valence-electron chi connectivity index (χ1n) is 7.51. The van der Waals surface area contributed by atoms with Crippen LogP contribution in [0.5, 0.6) is 5.75 Å². The summed E-state index contributed by atoms with van der Waals surface area (Å²) in [6.07, 6.45) is 3.30. The van der Waals surface area contributed by atoms with Gasteiger partial charge >= 0.3 is 5.97 Å². The molecule has 2 rings (SSSR count). The summed E-state index contributed by atoms with van der Waals surface area (Å²) in [6, 6.07) is 3.72. The highest BCUT2D eigenvalue weighted by atomic mass is 127. The number of imide groups is 1. The summed E-state index contributed by atoms with van der Waals surface area (Å²) in [4.78, 5) is 37.1. The Kier molecular flexibility index (Phi) is 7.95. The fraction of sp³-hybridized carbons (Fsp3) is 0.235. The Morgan fingerprint density at radius 1 is 1.31 bits per heavy atom. The number of benzene rings is 1. The maximum Gasteiger partial charge on any atom is 0.326 e. The van der Waals surface area contributed by atoms with Gasteiger partial charge < -0.3 is 9.47 Å². The second-order valence-electron chi connectivity index (χ2n) is 4.99. The van der Waals surface area contributed by atoms with Gasteiger partial charge in [-0.1, -0.05) is 12.7 Å². The van der Waals surface area contributed by atoms with Crippen LogP contribution >= 0.6 is 56.9 Å². The molecule has 0 aromatic heterocycles. The highest BCUT2D eigenvalue weighted by Gasteiger charge is 2.36. The number of carbonyl (C=O) groups is 3. The van der Waals surface area contributed by atoms with E-state index in [4.69, 9.17) is 9.47 Å². The molecule has 0 aliphatic carbocycles. The van der Waals surface area contributed by atoms with Gasteiger partial charge in [0, 0.05) is 0 Å². The topological polar surface area (TPSA) is 72.9 Å². The highest BCUT2D eigenvalue weighted by molar-refractivity contribution is 14.1. The molecule has 0 spiro atoms. The van der Waals surface area contributed by atoms with Crippen LogP contribution in [0.1, 0.15) is 12.5 Å². The van der Waals surface area contributed by atoms with E-state index in [9.17, 15) is 14.4 Å². The third-order valence-corrected chi connectivity index (χ3v) is 5.64. The first-order valence-corrected chi connectivity index (χ1v) is 10.5. The van der Waals surface area contributed by atoms with Gasteiger partial charge in [-0.05, 0) is 87.6 Å². The number of thioether (sulfide) groups is 1. The van der Waals surface area contributed by atoms with Crippen molar-refractivity contribution in [1.82, 2.24) is 4.90 Å². The van der Waals surface area contributed by atoms with Gasteiger partial charge in [-0.25, -0.2) is 0 Å². The third-order valence-electron chi connectivity index (χ3n) is 3.13. The predicted molar refractivity (Wildman–Crippen MR) is 117 cm³/mol. The quantitative estimate of drug-likeness (QED) is 0.204. The maximum absolute atomic E-state index is 12.4. The van der Waals surface area contributed by atoms with Gasteiger partial charge in [0.15, 0.2) is 0 Å². The molecule has 6 nitrogen and oxygen atoms in total. The van der Waals surface area contributed by atoms with Crippen molar-refractivity contribution in [3.63, 3.8) is 0 Å². The van der Waals surface area contributed by atoms with Crippen LogP contribution in [0.3, 0.4) is 0 Å². The molecule has 0 radical (unpaired) electrons. The van der Waals surface area contributed by atoms with E-state index in [1.807, 2.05) is 12.1 Å². The molecule has 0 atom stereocenters. The average Bonchev–Trinajstić information content (AvgIpc) is 2.82. The number of carbonyl (C=O) groups excluding carboxylic acids is 3. The van der Waals surface area contributed by atoms with Gasteiger partial charge in [-0.15, -0.1) is 0 Å². The van der Waals surface area contributed by atoms with E-state index in [0.29, 0.717) is 6.61 Å². The predicted octanol–water partition coefficient (Wildman–Crippen LogP) is 4.06. The lowest BCUT2D eigenvalue weighted by Crippen LogP contribution is -2.34. The van der Waals surface area contributed by atoms with E-state index in [1.54, 1.807) is 19.1 Å². The molecule has 1 heterocycles. The smallest absolute Gasteiger partial charge is 0.326 e. The molecule has 1 aromatic carbocycles. The zero-order valence-electron chi connectivity index (χ0n) is 13.8. The summed E-state index contributed by atoms with van der Waals surface area (Å²) >= 11 is 5.11. The molecule has 0 N–H and O–H groups in total. The number of rotatable bonds is 7. The molecular formula is C17H15I2NO5S. The number of esters is 1. The van der Waals surface area contributed by atoms with Gasteiger partial charge in [-0.2, -0.15) is 0 Å². The Morgan fingerprint density at radius 3 is 2.54 bits per heavy atom. The van der Waals surface area contributed by atoms with Crippen LogP contribution < -0.4 is 4.74 Å². The molecule has 0 bridgehead atoms. The van der Waals surface area contributed by atoms with Crippen LogP contribution in [-0.4, -0.2) is 41.8 Å². The minimum Gasteiger partial charge on any atom is -0.487 e. The summed E-state index contributed by atoms with van der Waals surface area (Å²) in [7, 11) is 0. The van der Waals surface area contributed by atoms with Crippen molar-refractivity contribution in [2.24, 2.45) is 0 Å². The van der Waals surface area contributed by atoms with E-state index in [1.165, 1.54) is 0 Å². The summed E-state index contributed by atoms with van der Waals surface area (Å²) in [5.74, 6) is -0.354. The van der Waals surface area contributed by atoms with Crippen molar-refractivity contribution in [3.8, 4) is 5.75 Å². The van der Waals surface area contributed by atoms with E-state index >= 15 is 0 Å². The Morgan fingerprint density at radius 2 is 1.96 bits per heavy atom. The van der Waals surface area contributed by atoms with E-state index in [2.05, 4.69) is 51.8 Å². The van der Waals surface area contributed by atoms with Crippen LogP contribution in [0, 0.1) is 7.14 Å². The third kappa shape index (κ3) is 5.22. The van der Waals surface area contributed by atoms with Crippen LogP contribution in [0.2, 0.25) is 0 Å². The Balaban J connectivity index is 2.22. The SMILES string of the molecule is C=CCOc1c(I)cc(/C=C2/SC(=O)N(CC(=O)OCC)C2=O)cc1I. The molecule has 1 aliphatic rings. The molecule has 1 aromatic rings. The second kappa shape index (κ2) is 9.74. The molecule has 1 saturated heterocycles. The fourth-order valence-electron chi connectivity index (χ4n) is 2.07. The lowest BCUT2D eigenvalue weighted by Gasteiger charge is -2.11. The molecule has 9 heteroatoms. The van der Waals surface area contributed by atoms with Crippen LogP contribution in [0.25, 0.3) is 6.08 Å². The first-order chi connectivity index (χ1) is 12.4. The number of ether oxygens (including phenoxy) is 2. The van der Waals surface area contributed by atoms with Crippen molar-refractivity contribution < 1.29 is 23.9 Å². The number of hydrogen-bond acceptors (Lipinski definition) is 6. The zero-order valence-corrected chi connectivity index (χ0v) is 18.9. The average molecular weight is 599 g/mol. The summed E-state index contributed by atoms with van der Waals surface area (Å²) in [5, 5.41) is -0.482. The van der Waals surface area contributed by atoms with E-state index in [0.717, 1.165) is 35.1 Å². The molecule has 26 heavy (non-hydrogen) atoms. The first kappa shape index (κ1) is 21.2. The Hall–Kier alpha value is -1.08. The zero-order chi connectivity index (χ0) is 19.3. The minimum atomic E-state index is -0.608.